The molecule has 6 heteroatoms. The first-order valence-electron chi connectivity index (χ1n) is 8.11. The number of likely N-dealkylation sites (N-methyl/N-ethyl adjacent to an activating group) is 1. The summed E-state index contributed by atoms with van der Waals surface area (Å²) in [6.45, 7) is 0.962. The molecule has 1 N–H and O–H groups in total. The summed E-state index contributed by atoms with van der Waals surface area (Å²) >= 11 is 6.06. The highest BCUT2D eigenvalue weighted by atomic mass is 35.5. The van der Waals surface area contributed by atoms with E-state index in [1.165, 1.54) is 0 Å². The largest absolute Gasteiger partial charge is 0.497 e. The summed E-state index contributed by atoms with van der Waals surface area (Å²) in [5, 5.41) is 3.60. The van der Waals surface area contributed by atoms with Crippen LogP contribution in [0.1, 0.15) is 12.0 Å². The zero-order chi connectivity index (χ0) is 17.8. The average molecular weight is 361 g/mol. The lowest BCUT2D eigenvalue weighted by Crippen LogP contribution is -2.43. The zero-order valence-corrected chi connectivity index (χ0v) is 15.0. The Hall–Kier alpha value is -2.40. The topological polar surface area (TPSA) is 50.8 Å². The van der Waals surface area contributed by atoms with Crippen LogP contribution in [0.5, 0.6) is 11.5 Å². The second-order valence-electron chi connectivity index (χ2n) is 6.02. The molecule has 0 aliphatic carbocycles. The van der Waals surface area contributed by atoms with Crippen molar-refractivity contribution >= 4 is 23.2 Å². The zero-order valence-electron chi connectivity index (χ0n) is 14.3. The van der Waals surface area contributed by atoms with Crippen molar-refractivity contribution in [3.05, 3.63) is 53.1 Å². The Bertz CT molecular complexity index is 749. The van der Waals surface area contributed by atoms with Gasteiger partial charge in [0.2, 0.25) is 5.91 Å². The van der Waals surface area contributed by atoms with Gasteiger partial charge in [0.15, 0.2) is 0 Å². The van der Waals surface area contributed by atoms with E-state index in [9.17, 15) is 4.79 Å². The Kier molecular flexibility index (Phi) is 5.34. The number of methoxy groups -OCH3 is 1. The van der Waals surface area contributed by atoms with Crippen LogP contribution in [0.15, 0.2) is 42.5 Å². The standard InChI is InChI=1S/C19H21ClN2O3/c1-22-15(12-25-18-8-5-14(20)9-17(18)22)10-19(23)21-11-13-3-6-16(24-2)7-4-13/h3-9,15H,10-12H2,1-2H3,(H,21,23)/t15-/m0/s1. The number of anilines is 1. The number of benzene rings is 2. The number of carbonyl (C=O) groups excluding carboxylic acids is 1. The molecular formula is C19H21ClN2O3. The molecule has 1 amide bonds. The van der Waals surface area contributed by atoms with E-state index in [4.69, 9.17) is 21.1 Å². The Labute approximate surface area is 152 Å². The van der Waals surface area contributed by atoms with Crippen molar-refractivity contribution in [2.75, 3.05) is 25.7 Å². The summed E-state index contributed by atoms with van der Waals surface area (Å²) < 4.78 is 10.9. The van der Waals surface area contributed by atoms with Crippen molar-refractivity contribution in [1.29, 1.82) is 0 Å². The Morgan fingerprint density at radius 1 is 1.32 bits per heavy atom. The third-order valence-corrected chi connectivity index (χ3v) is 4.58. The predicted molar refractivity (Wildman–Crippen MR) is 98.6 cm³/mol. The molecule has 3 rings (SSSR count). The van der Waals surface area contributed by atoms with Gasteiger partial charge in [-0.2, -0.15) is 0 Å². The maximum atomic E-state index is 12.3. The predicted octanol–water partition coefficient (Wildman–Crippen LogP) is 3.25. The van der Waals surface area contributed by atoms with Gasteiger partial charge in [0.05, 0.1) is 25.3 Å². The Morgan fingerprint density at radius 2 is 2.08 bits per heavy atom. The summed E-state index contributed by atoms with van der Waals surface area (Å²) in [6.07, 6.45) is 0.360. The fourth-order valence-electron chi connectivity index (χ4n) is 2.81. The summed E-state index contributed by atoms with van der Waals surface area (Å²) in [5.74, 6) is 1.58. The highest BCUT2D eigenvalue weighted by Crippen LogP contribution is 2.35. The molecule has 25 heavy (non-hydrogen) atoms. The molecule has 0 saturated carbocycles. The normalized spacial score (nSPS) is 16.0. The molecule has 132 valence electrons. The molecule has 1 heterocycles. The van der Waals surface area contributed by atoms with Crippen LogP contribution in [-0.4, -0.2) is 32.7 Å². The van der Waals surface area contributed by atoms with Crippen molar-refractivity contribution in [2.24, 2.45) is 0 Å². The van der Waals surface area contributed by atoms with E-state index in [-0.39, 0.29) is 11.9 Å². The second kappa shape index (κ2) is 7.66. The van der Waals surface area contributed by atoms with Gasteiger partial charge in [-0.15, -0.1) is 0 Å². The van der Waals surface area contributed by atoms with E-state index in [0.717, 1.165) is 22.7 Å². The third-order valence-electron chi connectivity index (χ3n) is 4.35. The van der Waals surface area contributed by atoms with Gasteiger partial charge in [-0.25, -0.2) is 0 Å². The quantitative estimate of drug-likeness (QED) is 0.889. The van der Waals surface area contributed by atoms with Gasteiger partial charge in [0.25, 0.3) is 0 Å². The molecule has 1 atom stereocenters. The van der Waals surface area contributed by atoms with Crippen molar-refractivity contribution < 1.29 is 14.3 Å². The van der Waals surface area contributed by atoms with E-state index in [2.05, 4.69) is 10.2 Å². The van der Waals surface area contributed by atoms with Gasteiger partial charge in [-0.3, -0.25) is 4.79 Å². The van der Waals surface area contributed by atoms with E-state index in [1.54, 1.807) is 13.2 Å². The first kappa shape index (κ1) is 17.4. The molecule has 5 nitrogen and oxygen atoms in total. The number of rotatable bonds is 5. The summed E-state index contributed by atoms with van der Waals surface area (Å²) in [4.78, 5) is 14.3. The Balaban J connectivity index is 1.56. The lowest BCUT2D eigenvalue weighted by Gasteiger charge is -2.35. The van der Waals surface area contributed by atoms with Crippen LogP contribution in [0.4, 0.5) is 5.69 Å². The van der Waals surface area contributed by atoms with E-state index < -0.39 is 0 Å². The van der Waals surface area contributed by atoms with Gasteiger partial charge >= 0.3 is 0 Å². The lowest BCUT2D eigenvalue weighted by molar-refractivity contribution is -0.121. The molecule has 0 fully saturated rings. The number of hydrogen-bond donors (Lipinski definition) is 1. The van der Waals surface area contributed by atoms with Gasteiger partial charge in [-0.05, 0) is 35.9 Å². The minimum atomic E-state index is -0.0261. The van der Waals surface area contributed by atoms with Crippen LogP contribution >= 0.6 is 11.6 Å². The number of ether oxygens (including phenoxy) is 2. The van der Waals surface area contributed by atoms with Gasteiger partial charge in [0.1, 0.15) is 18.1 Å². The van der Waals surface area contributed by atoms with Crippen molar-refractivity contribution in [3.63, 3.8) is 0 Å². The molecular weight excluding hydrogens is 340 g/mol. The third kappa shape index (κ3) is 4.17. The molecule has 0 unspecified atom stereocenters. The maximum absolute atomic E-state index is 12.3. The van der Waals surface area contributed by atoms with Crippen LogP contribution in [0.3, 0.4) is 0 Å². The minimum Gasteiger partial charge on any atom is -0.497 e. The monoisotopic (exact) mass is 360 g/mol. The van der Waals surface area contributed by atoms with Gasteiger partial charge < -0.3 is 19.7 Å². The molecule has 2 aromatic rings. The summed E-state index contributed by atoms with van der Waals surface area (Å²) in [7, 11) is 3.59. The van der Waals surface area contributed by atoms with Crippen LogP contribution in [0, 0.1) is 0 Å². The molecule has 0 radical (unpaired) electrons. The first-order valence-corrected chi connectivity index (χ1v) is 8.49. The molecule has 1 aliphatic heterocycles. The van der Waals surface area contributed by atoms with Crippen LogP contribution in [0.2, 0.25) is 5.02 Å². The maximum Gasteiger partial charge on any atom is 0.222 e. The SMILES string of the molecule is COc1ccc(CNC(=O)C[C@H]2COc3ccc(Cl)cc3N2C)cc1. The highest BCUT2D eigenvalue weighted by molar-refractivity contribution is 6.31. The summed E-state index contributed by atoms with van der Waals surface area (Å²) in [5.41, 5.74) is 1.94. The smallest absolute Gasteiger partial charge is 0.222 e. The van der Waals surface area contributed by atoms with Gasteiger partial charge in [0, 0.05) is 18.6 Å². The molecule has 0 bridgehead atoms. The number of nitrogens with one attached hydrogen (secondary N) is 1. The van der Waals surface area contributed by atoms with Crippen LogP contribution < -0.4 is 19.7 Å². The lowest BCUT2D eigenvalue weighted by atomic mass is 10.1. The van der Waals surface area contributed by atoms with Gasteiger partial charge in [-0.1, -0.05) is 23.7 Å². The molecule has 0 aromatic heterocycles. The van der Waals surface area contributed by atoms with Crippen molar-refractivity contribution in [2.45, 2.75) is 19.0 Å². The van der Waals surface area contributed by atoms with E-state index in [0.29, 0.717) is 24.6 Å². The minimum absolute atomic E-state index is 0.0123. The Morgan fingerprint density at radius 3 is 2.80 bits per heavy atom. The number of carbonyl (C=O) groups is 1. The number of halogens is 1. The number of fused-ring (bicyclic) bond motifs is 1. The fourth-order valence-corrected chi connectivity index (χ4v) is 2.98. The van der Waals surface area contributed by atoms with E-state index >= 15 is 0 Å². The number of nitrogens with zero attached hydrogens (tertiary/aromatic N) is 1. The molecule has 0 saturated heterocycles. The first-order chi connectivity index (χ1) is 12.1. The molecule has 1 aliphatic rings. The second-order valence-corrected chi connectivity index (χ2v) is 6.45. The average Bonchev–Trinajstić information content (AvgIpc) is 2.63. The number of hydrogen-bond acceptors (Lipinski definition) is 4. The van der Waals surface area contributed by atoms with Crippen LogP contribution in [0.25, 0.3) is 0 Å². The summed E-state index contributed by atoms with van der Waals surface area (Å²) in [6, 6.07) is 13.1. The van der Waals surface area contributed by atoms with E-state index in [1.807, 2.05) is 43.4 Å². The molecule has 2 aromatic carbocycles. The fraction of sp³-hybridized carbons (Fsp3) is 0.316. The highest BCUT2D eigenvalue weighted by Gasteiger charge is 2.26. The van der Waals surface area contributed by atoms with Crippen LogP contribution in [-0.2, 0) is 11.3 Å². The van der Waals surface area contributed by atoms with Crippen molar-refractivity contribution in [1.82, 2.24) is 5.32 Å². The van der Waals surface area contributed by atoms with Crippen molar-refractivity contribution in [3.8, 4) is 11.5 Å². The number of amides is 1. The molecule has 0 spiro atoms.